The number of aromatic hydroxyl groups is 1. The second-order valence-electron chi connectivity index (χ2n) is 11.8. The molecule has 0 unspecified atom stereocenters. The van der Waals surface area contributed by atoms with E-state index in [2.05, 4.69) is 20.4 Å². The van der Waals surface area contributed by atoms with E-state index >= 15 is 0 Å². The monoisotopic (exact) mass is 456 g/mol. The molecule has 1 heterocycles. The van der Waals surface area contributed by atoms with Crippen molar-refractivity contribution in [3.63, 3.8) is 0 Å². The van der Waals surface area contributed by atoms with Crippen LogP contribution in [-0.4, -0.2) is 40.4 Å². The Bertz CT molecular complexity index is 996. The quantitative estimate of drug-likeness (QED) is 0.580. The highest BCUT2D eigenvalue weighted by molar-refractivity contribution is 5.90. The summed E-state index contributed by atoms with van der Waals surface area (Å²) in [4.78, 5) is 14.4. The maximum absolute atomic E-state index is 14.4. The third-order valence-electron chi connectivity index (χ3n) is 9.65. The van der Waals surface area contributed by atoms with E-state index in [4.69, 9.17) is 9.47 Å². The SMILES string of the molecule is C=C(C)[C@H](Cc1cc(OC)cc(C)c1O)C(=O)[C@H]1[C@]2(C)CCC[C@]2(C)[C@@]12C[C@H](O)C(C)(C)O2. The summed E-state index contributed by atoms with van der Waals surface area (Å²) in [5.41, 5.74) is 0.506. The summed E-state index contributed by atoms with van der Waals surface area (Å²) >= 11 is 0. The Kier molecular flexibility index (Phi) is 5.57. The van der Waals surface area contributed by atoms with Gasteiger partial charge in [0.2, 0.25) is 0 Å². The molecule has 0 amide bonds. The number of ether oxygens (including phenoxy) is 2. The van der Waals surface area contributed by atoms with Crippen molar-refractivity contribution in [2.24, 2.45) is 22.7 Å². The first kappa shape index (κ1) is 24.3. The summed E-state index contributed by atoms with van der Waals surface area (Å²) in [6.07, 6.45) is 3.28. The molecule has 2 aliphatic carbocycles. The average molecular weight is 457 g/mol. The third kappa shape index (κ3) is 3.15. The van der Waals surface area contributed by atoms with Gasteiger partial charge in [0.05, 0.1) is 30.3 Å². The second-order valence-corrected chi connectivity index (χ2v) is 11.8. The first-order valence-corrected chi connectivity index (χ1v) is 12.2. The Labute approximate surface area is 198 Å². The highest BCUT2D eigenvalue weighted by Crippen LogP contribution is 2.79. The van der Waals surface area contributed by atoms with Gasteiger partial charge in [-0.15, -0.1) is 0 Å². The summed E-state index contributed by atoms with van der Waals surface area (Å²) in [5, 5.41) is 21.6. The molecule has 6 atom stereocenters. The Morgan fingerprint density at radius 1 is 1.27 bits per heavy atom. The van der Waals surface area contributed by atoms with Crippen LogP contribution in [0.5, 0.6) is 11.5 Å². The van der Waals surface area contributed by atoms with Crippen molar-refractivity contribution in [1.82, 2.24) is 0 Å². The van der Waals surface area contributed by atoms with Gasteiger partial charge in [0, 0.05) is 17.8 Å². The molecule has 2 saturated carbocycles. The standard InChI is InChI=1S/C28H40O5/c1-16(2)20(14-18-13-19(32-8)12-17(3)22(18)30)23(31)24-26(6)10-9-11-27(26,7)28(24)15-21(29)25(4,5)33-28/h12-13,20-21,24,29-30H,1,9-11,14-15H2,2-8H3/t20-,21-,24-,26-,27-,28+/m0/s1. The van der Waals surface area contributed by atoms with Crippen LogP contribution in [0.1, 0.15) is 71.4 Å². The molecule has 1 aromatic rings. The number of carbonyl (C=O) groups is 1. The van der Waals surface area contributed by atoms with Gasteiger partial charge in [0.1, 0.15) is 17.3 Å². The minimum atomic E-state index is -0.688. The van der Waals surface area contributed by atoms with Gasteiger partial charge < -0.3 is 19.7 Å². The largest absolute Gasteiger partial charge is 0.507 e. The van der Waals surface area contributed by atoms with Crippen LogP contribution in [-0.2, 0) is 16.0 Å². The minimum absolute atomic E-state index is 0.120. The molecule has 5 nitrogen and oxygen atoms in total. The fourth-order valence-electron chi connectivity index (χ4n) is 7.48. The van der Waals surface area contributed by atoms with E-state index in [1.807, 2.05) is 33.8 Å². The van der Waals surface area contributed by atoms with Crippen LogP contribution in [0.2, 0.25) is 0 Å². The van der Waals surface area contributed by atoms with Crippen molar-refractivity contribution in [1.29, 1.82) is 0 Å². The number of phenolic OH excluding ortho intramolecular Hbond substituents is 1. The lowest BCUT2D eigenvalue weighted by Gasteiger charge is -2.70. The van der Waals surface area contributed by atoms with Crippen LogP contribution in [0.15, 0.2) is 24.3 Å². The topological polar surface area (TPSA) is 76.0 Å². The number of benzene rings is 1. The van der Waals surface area contributed by atoms with Crippen LogP contribution < -0.4 is 4.74 Å². The molecule has 1 saturated heterocycles. The number of Topliss-reactive ketones (excluding diaryl/α,β-unsaturated/α-hetero) is 1. The summed E-state index contributed by atoms with van der Waals surface area (Å²) in [7, 11) is 1.60. The van der Waals surface area contributed by atoms with Crippen molar-refractivity contribution in [3.8, 4) is 11.5 Å². The second kappa shape index (κ2) is 7.58. The lowest BCUT2D eigenvalue weighted by molar-refractivity contribution is -0.305. The number of rotatable bonds is 6. The lowest BCUT2D eigenvalue weighted by Crippen LogP contribution is -2.75. The predicted molar refractivity (Wildman–Crippen MR) is 128 cm³/mol. The van der Waals surface area contributed by atoms with Gasteiger partial charge in [-0.2, -0.15) is 0 Å². The maximum atomic E-state index is 14.4. The van der Waals surface area contributed by atoms with Crippen molar-refractivity contribution < 1.29 is 24.5 Å². The third-order valence-corrected chi connectivity index (χ3v) is 9.65. The van der Waals surface area contributed by atoms with E-state index in [-0.39, 0.29) is 28.3 Å². The van der Waals surface area contributed by atoms with Crippen LogP contribution in [0, 0.1) is 29.6 Å². The number of allylic oxidation sites excluding steroid dienone is 1. The van der Waals surface area contributed by atoms with Gasteiger partial charge in [-0.3, -0.25) is 4.79 Å². The van der Waals surface area contributed by atoms with Crippen LogP contribution >= 0.6 is 0 Å². The average Bonchev–Trinajstić information content (AvgIpc) is 3.14. The van der Waals surface area contributed by atoms with E-state index in [1.165, 1.54) is 0 Å². The molecule has 3 aliphatic rings. The maximum Gasteiger partial charge on any atom is 0.146 e. The molecule has 4 rings (SSSR count). The molecule has 0 radical (unpaired) electrons. The summed E-state index contributed by atoms with van der Waals surface area (Å²) in [6.45, 7) is 16.2. The molecule has 2 N–H and O–H groups in total. The molecule has 3 fully saturated rings. The van der Waals surface area contributed by atoms with E-state index in [0.717, 1.165) is 30.4 Å². The molecular weight excluding hydrogens is 416 g/mol. The zero-order valence-corrected chi connectivity index (χ0v) is 21.2. The number of phenols is 1. The molecule has 1 aromatic carbocycles. The molecule has 0 aromatic heterocycles. The predicted octanol–water partition coefficient (Wildman–Crippen LogP) is 5.14. The highest BCUT2D eigenvalue weighted by atomic mass is 16.6. The Morgan fingerprint density at radius 2 is 1.94 bits per heavy atom. The number of aliphatic hydroxyl groups is 1. The number of aliphatic hydroxyl groups excluding tert-OH is 1. The van der Waals surface area contributed by atoms with Crippen molar-refractivity contribution in [3.05, 3.63) is 35.4 Å². The first-order chi connectivity index (χ1) is 15.2. The number of ketones is 1. The van der Waals surface area contributed by atoms with Crippen LogP contribution in [0.3, 0.4) is 0 Å². The van der Waals surface area contributed by atoms with E-state index < -0.39 is 23.2 Å². The number of methoxy groups -OCH3 is 1. The van der Waals surface area contributed by atoms with Gasteiger partial charge in [-0.05, 0) is 75.6 Å². The molecule has 33 heavy (non-hydrogen) atoms. The summed E-state index contributed by atoms with van der Waals surface area (Å²) in [6, 6.07) is 3.60. The zero-order valence-electron chi connectivity index (χ0n) is 21.2. The molecule has 1 aliphatic heterocycles. The number of fused-ring (bicyclic) bond motifs is 2. The molecule has 182 valence electrons. The van der Waals surface area contributed by atoms with Gasteiger partial charge in [-0.1, -0.05) is 32.4 Å². The fraction of sp³-hybridized carbons (Fsp3) is 0.679. The molecular formula is C28H40O5. The van der Waals surface area contributed by atoms with Crippen molar-refractivity contribution >= 4 is 5.78 Å². The van der Waals surface area contributed by atoms with Gasteiger partial charge in [-0.25, -0.2) is 0 Å². The lowest BCUT2D eigenvalue weighted by atomic mass is 9.36. The first-order valence-electron chi connectivity index (χ1n) is 12.2. The number of carbonyl (C=O) groups excluding carboxylic acids is 1. The van der Waals surface area contributed by atoms with Crippen LogP contribution in [0.25, 0.3) is 0 Å². The Hall–Kier alpha value is -1.85. The summed E-state index contributed by atoms with van der Waals surface area (Å²) in [5.74, 6) is 0.214. The Morgan fingerprint density at radius 3 is 2.48 bits per heavy atom. The highest BCUT2D eigenvalue weighted by Gasteiger charge is 2.82. The van der Waals surface area contributed by atoms with Gasteiger partial charge in [0.25, 0.3) is 0 Å². The minimum Gasteiger partial charge on any atom is -0.507 e. The normalized spacial score (nSPS) is 37.5. The zero-order chi connectivity index (χ0) is 24.6. The van der Waals surface area contributed by atoms with Crippen molar-refractivity contribution in [2.45, 2.75) is 91.0 Å². The summed E-state index contributed by atoms with van der Waals surface area (Å²) < 4.78 is 12.1. The van der Waals surface area contributed by atoms with E-state index in [1.54, 1.807) is 13.2 Å². The Balaban J connectivity index is 1.74. The van der Waals surface area contributed by atoms with E-state index in [9.17, 15) is 15.0 Å². The number of hydrogen-bond acceptors (Lipinski definition) is 5. The van der Waals surface area contributed by atoms with Crippen molar-refractivity contribution in [2.75, 3.05) is 7.11 Å². The van der Waals surface area contributed by atoms with Gasteiger partial charge in [0.15, 0.2) is 0 Å². The number of hydrogen-bond donors (Lipinski definition) is 2. The van der Waals surface area contributed by atoms with Gasteiger partial charge >= 0.3 is 0 Å². The number of aryl methyl sites for hydroxylation is 1. The molecule has 0 bridgehead atoms. The molecule has 1 spiro atoms. The van der Waals surface area contributed by atoms with Crippen LogP contribution in [0.4, 0.5) is 0 Å². The smallest absolute Gasteiger partial charge is 0.146 e. The fourth-order valence-corrected chi connectivity index (χ4v) is 7.48. The van der Waals surface area contributed by atoms with E-state index in [0.29, 0.717) is 24.2 Å². The molecule has 5 heteroatoms.